The molecule has 0 fully saturated rings. The molecule has 12 heteroatoms. The van der Waals surface area contributed by atoms with E-state index in [9.17, 15) is 24.0 Å². The van der Waals surface area contributed by atoms with Crippen LogP contribution >= 0.6 is 0 Å². The molecule has 0 aromatic heterocycles. The van der Waals surface area contributed by atoms with E-state index in [4.69, 9.17) is 18.9 Å². The van der Waals surface area contributed by atoms with Crippen molar-refractivity contribution in [3.8, 4) is 0 Å². The van der Waals surface area contributed by atoms with Gasteiger partial charge in [0, 0.05) is 6.92 Å². The van der Waals surface area contributed by atoms with Crippen molar-refractivity contribution in [2.24, 2.45) is 5.92 Å². The summed E-state index contributed by atoms with van der Waals surface area (Å²) in [5.41, 5.74) is -0.00439. The van der Waals surface area contributed by atoms with Gasteiger partial charge in [-0.05, 0) is 38.7 Å². The van der Waals surface area contributed by atoms with Crippen LogP contribution in [0.15, 0.2) is 30.3 Å². The molecule has 1 aromatic rings. The van der Waals surface area contributed by atoms with E-state index in [0.29, 0.717) is 0 Å². The van der Waals surface area contributed by atoms with Crippen molar-refractivity contribution in [2.45, 2.75) is 78.5 Å². The van der Waals surface area contributed by atoms with Crippen LogP contribution in [0.5, 0.6) is 0 Å². The first kappa shape index (κ1) is 32.4. The first-order valence-electron chi connectivity index (χ1n) is 12.2. The number of amides is 3. The van der Waals surface area contributed by atoms with Crippen LogP contribution in [0, 0.1) is 5.92 Å². The van der Waals surface area contributed by atoms with Gasteiger partial charge < -0.3 is 34.9 Å². The zero-order valence-electron chi connectivity index (χ0n) is 23.0. The summed E-state index contributed by atoms with van der Waals surface area (Å²) in [6.07, 6.45) is -2.44. The summed E-state index contributed by atoms with van der Waals surface area (Å²) in [4.78, 5) is 62.2. The van der Waals surface area contributed by atoms with Crippen molar-refractivity contribution in [1.82, 2.24) is 16.0 Å². The van der Waals surface area contributed by atoms with Gasteiger partial charge in [-0.2, -0.15) is 0 Å². The number of rotatable bonds is 13. The smallest absolute Gasteiger partial charge is 0.408 e. The number of hydrogen-bond donors (Lipinski definition) is 3. The highest BCUT2D eigenvalue weighted by Gasteiger charge is 2.33. The van der Waals surface area contributed by atoms with Crippen molar-refractivity contribution >= 4 is 29.8 Å². The van der Waals surface area contributed by atoms with Gasteiger partial charge in [-0.3, -0.25) is 14.4 Å². The Hall–Kier alpha value is -3.67. The van der Waals surface area contributed by atoms with Crippen molar-refractivity contribution in [2.75, 3.05) is 13.7 Å². The minimum absolute atomic E-state index is 0.0188. The van der Waals surface area contributed by atoms with Gasteiger partial charge in [0.2, 0.25) is 5.91 Å². The summed E-state index contributed by atoms with van der Waals surface area (Å²) < 4.78 is 20.6. The predicted octanol–water partition coefficient (Wildman–Crippen LogP) is 1.81. The van der Waals surface area contributed by atoms with Crippen LogP contribution in [0.25, 0.3) is 0 Å². The number of nitrogens with one attached hydrogen (secondary N) is 3. The van der Waals surface area contributed by atoms with Gasteiger partial charge >= 0.3 is 18.0 Å². The van der Waals surface area contributed by atoms with Crippen LogP contribution in [0.1, 0.15) is 53.5 Å². The van der Waals surface area contributed by atoms with E-state index in [0.717, 1.165) is 12.5 Å². The van der Waals surface area contributed by atoms with Crippen LogP contribution in [0.3, 0.4) is 0 Å². The number of ether oxygens (including phenoxy) is 4. The average molecular weight is 538 g/mol. The third-order valence-electron chi connectivity index (χ3n) is 4.71. The molecule has 1 aromatic carbocycles. The van der Waals surface area contributed by atoms with Crippen molar-refractivity contribution < 1.29 is 42.9 Å². The average Bonchev–Trinajstić information content (AvgIpc) is 2.80. The monoisotopic (exact) mass is 537 g/mol. The summed E-state index contributed by atoms with van der Waals surface area (Å²) in [7, 11) is 1.18. The summed E-state index contributed by atoms with van der Waals surface area (Å²) in [6, 6.07) is 6.80. The highest BCUT2D eigenvalue weighted by atomic mass is 16.6. The number of esters is 2. The molecule has 3 amide bonds. The SMILES string of the molecule is COC(=O)[C@H](CC(C)C)NC(=O)C(NC(=O)[C@H](COCc1ccccc1)NC(=O)OC(C)(C)C)OC(C)=O. The molecule has 0 saturated heterocycles. The fraction of sp³-hybridized carbons (Fsp3) is 0.577. The molecule has 0 heterocycles. The number of methoxy groups -OCH3 is 1. The molecule has 1 unspecified atom stereocenters. The zero-order chi connectivity index (χ0) is 28.9. The van der Waals surface area contributed by atoms with E-state index < -0.39 is 53.8 Å². The highest BCUT2D eigenvalue weighted by molar-refractivity contribution is 5.93. The fourth-order valence-corrected chi connectivity index (χ4v) is 3.12. The lowest BCUT2D eigenvalue weighted by atomic mass is 10.0. The van der Waals surface area contributed by atoms with E-state index in [1.54, 1.807) is 20.8 Å². The van der Waals surface area contributed by atoms with Crippen LogP contribution in [-0.2, 0) is 44.7 Å². The summed E-state index contributed by atoms with van der Waals surface area (Å²) >= 11 is 0. The topological polar surface area (TPSA) is 158 Å². The van der Waals surface area contributed by atoms with E-state index in [-0.39, 0.29) is 25.6 Å². The van der Waals surface area contributed by atoms with Crippen LogP contribution in [0.2, 0.25) is 0 Å². The van der Waals surface area contributed by atoms with Gasteiger partial charge in [-0.15, -0.1) is 0 Å². The molecule has 0 saturated carbocycles. The summed E-state index contributed by atoms with van der Waals surface area (Å²) in [5, 5.41) is 7.13. The number of carbonyl (C=O) groups is 5. The molecule has 3 atom stereocenters. The molecular formula is C26H39N3O9. The van der Waals surface area contributed by atoms with Gasteiger partial charge in [0.05, 0.1) is 20.3 Å². The molecule has 212 valence electrons. The zero-order valence-corrected chi connectivity index (χ0v) is 23.0. The third-order valence-corrected chi connectivity index (χ3v) is 4.71. The Morgan fingerprint density at radius 2 is 1.53 bits per heavy atom. The van der Waals surface area contributed by atoms with Gasteiger partial charge in [0.25, 0.3) is 12.1 Å². The van der Waals surface area contributed by atoms with E-state index in [1.807, 2.05) is 44.2 Å². The van der Waals surface area contributed by atoms with Crippen molar-refractivity contribution in [1.29, 1.82) is 0 Å². The summed E-state index contributed by atoms with van der Waals surface area (Å²) in [5.74, 6) is -3.38. The van der Waals surface area contributed by atoms with Gasteiger partial charge in [0.1, 0.15) is 17.7 Å². The first-order valence-corrected chi connectivity index (χ1v) is 12.2. The molecule has 0 aliphatic carbocycles. The Kier molecular flexibility index (Phi) is 13.2. The quantitative estimate of drug-likeness (QED) is 0.194. The van der Waals surface area contributed by atoms with Crippen LogP contribution in [0.4, 0.5) is 4.79 Å². The Morgan fingerprint density at radius 1 is 0.895 bits per heavy atom. The maximum atomic E-state index is 13.1. The second-order valence-corrected chi connectivity index (χ2v) is 9.91. The molecular weight excluding hydrogens is 498 g/mol. The molecule has 0 bridgehead atoms. The maximum Gasteiger partial charge on any atom is 0.408 e. The second kappa shape index (κ2) is 15.6. The fourth-order valence-electron chi connectivity index (χ4n) is 3.12. The standard InChI is InChI=1S/C26H39N3O9/c1-16(2)13-19(24(33)35-7)27-22(32)23(37-17(3)30)29-21(31)20(28-25(34)38-26(4,5)6)15-36-14-18-11-9-8-10-12-18/h8-12,16,19-20,23H,13-15H2,1-7H3,(H,27,32)(H,28,34)(H,29,31)/t19-,20-,23?/m0/s1. The second-order valence-electron chi connectivity index (χ2n) is 9.91. The normalized spacial score (nSPS) is 13.5. The van der Waals surface area contributed by atoms with E-state index in [1.165, 1.54) is 7.11 Å². The molecule has 3 N–H and O–H groups in total. The Bertz CT molecular complexity index is 945. The van der Waals surface area contributed by atoms with Crippen LogP contribution in [-0.4, -0.2) is 67.5 Å². The lowest BCUT2D eigenvalue weighted by molar-refractivity contribution is -0.159. The molecule has 0 radical (unpaired) electrons. The summed E-state index contributed by atoms with van der Waals surface area (Å²) in [6.45, 7) is 9.57. The first-order chi connectivity index (χ1) is 17.7. The Morgan fingerprint density at radius 3 is 2.05 bits per heavy atom. The Balaban J connectivity index is 3.04. The number of benzene rings is 1. The van der Waals surface area contributed by atoms with E-state index >= 15 is 0 Å². The maximum absolute atomic E-state index is 13.1. The van der Waals surface area contributed by atoms with Gasteiger partial charge in [0.15, 0.2) is 0 Å². The predicted molar refractivity (Wildman–Crippen MR) is 136 cm³/mol. The van der Waals surface area contributed by atoms with E-state index in [2.05, 4.69) is 16.0 Å². The van der Waals surface area contributed by atoms with Crippen molar-refractivity contribution in [3.63, 3.8) is 0 Å². The molecule has 0 aliphatic rings. The van der Waals surface area contributed by atoms with Crippen LogP contribution < -0.4 is 16.0 Å². The van der Waals surface area contributed by atoms with Crippen molar-refractivity contribution in [3.05, 3.63) is 35.9 Å². The Labute approximate surface area is 223 Å². The lowest BCUT2D eigenvalue weighted by Crippen LogP contribution is -2.58. The van der Waals surface area contributed by atoms with Gasteiger partial charge in [-0.1, -0.05) is 44.2 Å². The molecule has 0 aliphatic heterocycles. The molecule has 1 rings (SSSR count). The largest absolute Gasteiger partial charge is 0.467 e. The molecule has 12 nitrogen and oxygen atoms in total. The highest BCUT2D eigenvalue weighted by Crippen LogP contribution is 2.09. The third kappa shape index (κ3) is 13.0. The minimum Gasteiger partial charge on any atom is -0.467 e. The number of alkyl carbamates (subject to hydrolysis) is 1. The molecule has 38 heavy (non-hydrogen) atoms. The lowest BCUT2D eigenvalue weighted by Gasteiger charge is -2.26. The van der Waals surface area contributed by atoms with Gasteiger partial charge in [-0.25, -0.2) is 9.59 Å². The molecule has 0 spiro atoms. The number of hydrogen-bond acceptors (Lipinski definition) is 9. The number of carbonyl (C=O) groups excluding carboxylic acids is 5. The minimum atomic E-state index is -1.80.